The van der Waals surface area contributed by atoms with Gasteiger partial charge in [0.15, 0.2) is 16.8 Å². The SMILES string of the molecule is Nc1nc(-c2cnc(-c3ccc(N4CCN(C(=O)OCc5ccccc5)CC4)cn3)[nH]2)ns1. The summed E-state index contributed by atoms with van der Waals surface area (Å²) in [6.45, 7) is 2.90. The zero-order chi connectivity index (χ0) is 22.6. The molecule has 3 aromatic heterocycles. The Hall–Kier alpha value is -3.99. The third-order valence-electron chi connectivity index (χ3n) is 5.36. The minimum Gasteiger partial charge on any atom is -0.445 e. The Labute approximate surface area is 194 Å². The fourth-order valence-electron chi connectivity index (χ4n) is 3.58. The number of amides is 1. The number of rotatable bonds is 5. The van der Waals surface area contributed by atoms with Crippen LogP contribution in [-0.2, 0) is 11.3 Å². The molecule has 0 spiro atoms. The molecular formula is C22H22N8O2S. The maximum Gasteiger partial charge on any atom is 0.410 e. The zero-order valence-electron chi connectivity index (χ0n) is 17.7. The molecule has 0 saturated carbocycles. The van der Waals surface area contributed by atoms with Crippen molar-refractivity contribution < 1.29 is 9.53 Å². The maximum atomic E-state index is 12.4. The van der Waals surface area contributed by atoms with E-state index in [9.17, 15) is 4.79 Å². The van der Waals surface area contributed by atoms with Gasteiger partial charge in [0.2, 0.25) is 0 Å². The van der Waals surface area contributed by atoms with Gasteiger partial charge in [-0.1, -0.05) is 30.3 Å². The highest BCUT2D eigenvalue weighted by atomic mass is 32.1. The number of nitrogens with zero attached hydrogens (tertiary/aromatic N) is 6. The van der Waals surface area contributed by atoms with Gasteiger partial charge in [-0.25, -0.2) is 9.78 Å². The molecule has 4 heterocycles. The molecular weight excluding hydrogens is 440 g/mol. The lowest BCUT2D eigenvalue weighted by atomic mass is 10.2. The number of benzene rings is 1. The molecule has 0 bridgehead atoms. The van der Waals surface area contributed by atoms with Crippen LogP contribution in [0.3, 0.4) is 0 Å². The molecule has 4 aromatic rings. The number of carbonyl (C=O) groups is 1. The van der Waals surface area contributed by atoms with Crippen LogP contribution in [0.2, 0.25) is 0 Å². The molecule has 1 aliphatic heterocycles. The van der Waals surface area contributed by atoms with Crippen LogP contribution in [0.5, 0.6) is 0 Å². The summed E-state index contributed by atoms with van der Waals surface area (Å²) in [5.41, 5.74) is 9.04. The standard InChI is InChI=1S/C22H22N8O2S/c23-21-27-20(28-33-21)18-13-25-19(26-18)17-7-6-16(12-24-17)29-8-10-30(11-9-29)22(31)32-14-15-4-2-1-3-5-15/h1-7,12-13H,8-11,14H2,(H,25,26)(H2,23,27,28). The molecule has 168 valence electrons. The molecule has 0 atom stereocenters. The van der Waals surface area contributed by atoms with Crippen molar-refractivity contribution in [1.29, 1.82) is 0 Å². The van der Waals surface area contributed by atoms with Crippen LogP contribution in [0.15, 0.2) is 54.9 Å². The van der Waals surface area contributed by atoms with Gasteiger partial charge in [-0.05, 0) is 17.7 Å². The first-order valence-corrected chi connectivity index (χ1v) is 11.2. The van der Waals surface area contributed by atoms with E-state index in [4.69, 9.17) is 10.5 Å². The van der Waals surface area contributed by atoms with Gasteiger partial charge in [-0.2, -0.15) is 9.36 Å². The number of aromatic amines is 1. The molecule has 3 N–H and O–H groups in total. The minimum absolute atomic E-state index is 0.281. The van der Waals surface area contributed by atoms with Crippen LogP contribution >= 0.6 is 11.5 Å². The fourth-order valence-corrected chi connectivity index (χ4v) is 4.03. The maximum absolute atomic E-state index is 12.4. The Balaban J connectivity index is 1.15. The molecule has 10 nitrogen and oxygen atoms in total. The summed E-state index contributed by atoms with van der Waals surface area (Å²) in [4.78, 5) is 32.6. The number of hydrogen-bond acceptors (Lipinski definition) is 9. The van der Waals surface area contributed by atoms with Crippen molar-refractivity contribution in [1.82, 2.24) is 29.2 Å². The number of pyridine rings is 1. The quantitative estimate of drug-likeness (QED) is 0.463. The van der Waals surface area contributed by atoms with E-state index in [1.54, 1.807) is 11.1 Å². The molecule has 1 aromatic carbocycles. The second-order valence-corrected chi connectivity index (χ2v) is 8.30. The number of ether oxygens (including phenoxy) is 1. The molecule has 11 heteroatoms. The van der Waals surface area contributed by atoms with E-state index in [0.717, 1.165) is 28.5 Å². The predicted molar refractivity (Wildman–Crippen MR) is 126 cm³/mol. The largest absolute Gasteiger partial charge is 0.445 e. The number of anilines is 2. The van der Waals surface area contributed by atoms with E-state index in [1.165, 1.54) is 0 Å². The van der Waals surface area contributed by atoms with Gasteiger partial charge in [0.1, 0.15) is 18.0 Å². The normalized spacial score (nSPS) is 13.8. The molecule has 0 unspecified atom stereocenters. The highest BCUT2D eigenvalue weighted by Gasteiger charge is 2.22. The monoisotopic (exact) mass is 462 g/mol. The van der Waals surface area contributed by atoms with Crippen molar-refractivity contribution in [2.45, 2.75) is 6.61 Å². The van der Waals surface area contributed by atoms with Crippen LogP contribution in [0.1, 0.15) is 5.56 Å². The number of aromatic nitrogens is 5. The molecule has 0 aliphatic carbocycles. The summed E-state index contributed by atoms with van der Waals surface area (Å²) in [6.07, 6.45) is 3.21. The van der Waals surface area contributed by atoms with Crippen molar-refractivity contribution in [3.05, 3.63) is 60.4 Å². The molecule has 5 rings (SSSR count). The van der Waals surface area contributed by atoms with Gasteiger partial charge in [-0.3, -0.25) is 4.98 Å². The number of piperazine rings is 1. The highest BCUT2D eigenvalue weighted by molar-refractivity contribution is 7.09. The summed E-state index contributed by atoms with van der Waals surface area (Å²) in [6, 6.07) is 13.6. The lowest BCUT2D eigenvalue weighted by molar-refractivity contribution is 0.0942. The number of H-pyrrole nitrogens is 1. The van der Waals surface area contributed by atoms with Crippen molar-refractivity contribution in [2.75, 3.05) is 36.8 Å². The lowest BCUT2D eigenvalue weighted by Gasteiger charge is -2.35. The van der Waals surface area contributed by atoms with E-state index in [-0.39, 0.29) is 12.7 Å². The van der Waals surface area contributed by atoms with Gasteiger partial charge in [0.05, 0.1) is 18.1 Å². The molecule has 1 saturated heterocycles. The number of nitrogens with one attached hydrogen (secondary N) is 1. The molecule has 33 heavy (non-hydrogen) atoms. The van der Waals surface area contributed by atoms with Crippen LogP contribution in [0, 0.1) is 0 Å². The van der Waals surface area contributed by atoms with E-state index in [0.29, 0.717) is 48.7 Å². The lowest BCUT2D eigenvalue weighted by Crippen LogP contribution is -2.49. The van der Waals surface area contributed by atoms with Gasteiger partial charge < -0.3 is 25.3 Å². The van der Waals surface area contributed by atoms with E-state index in [1.807, 2.05) is 48.7 Å². The van der Waals surface area contributed by atoms with Gasteiger partial charge in [-0.15, -0.1) is 0 Å². The van der Waals surface area contributed by atoms with Crippen LogP contribution in [-0.4, -0.2) is 61.5 Å². The molecule has 0 radical (unpaired) electrons. The Bertz CT molecular complexity index is 1220. The third kappa shape index (κ3) is 4.77. The Kier molecular flexibility index (Phi) is 5.85. The van der Waals surface area contributed by atoms with E-state index < -0.39 is 0 Å². The van der Waals surface area contributed by atoms with Crippen molar-refractivity contribution >= 4 is 28.4 Å². The summed E-state index contributed by atoms with van der Waals surface area (Å²) in [5, 5.41) is 0.410. The first-order chi connectivity index (χ1) is 16.2. The Morgan fingerprint density at radius 3 is 2.58 bits per heavy atom. The first kappa shape index (κ1) is 20.9. The first-order valence-electron chi connectivity index (χ1n) is 10.5. The summed E-state index contributed by atoms with van der Waals surface area (Å²) >= 11 is 1.14. The summed E-state index contributed by atoms with van der Waals surface area (Å²) in [7, 11) is 0. The van der Waals surface area contributed by atoms with Gasteiger partial charge in [0.25, 0.3) is 0 Å². The number of imidazole rings is 1. The van der Waals surface area contributed by atoms with Gasteiger partial charge >= 0.3 is 6.09 Å². The average molecular weight is 463 g/mol. The Morgan fingerprint density at radius 1 is 1.06 bits per heavy atom. The number of hydrogen-bond donors (Lipinski definition) is 2. The van der Waals surface area contributed by atoms with Crippen molar-refractivity contribution in [3.8, 4) is 23.0 Å². The predicted octanol–water partition coefficient (Wildman–Crippen LogP) is 3.03. The third-order valence-corrected chi connectivity index (χ3v) is 5.90. The topological polar surface area (TPSA) is 126 Å². The van der Waals surface area contributed by atoms with Crippen LogP contribution in [0.4, 0.5) is 15.6 Å². The minimum atomic E-state index is -0.281. The van der Waals surface area contributed by atoms with Crippen molar-refractivity contribution in [3.63, 3.8) is 0 Å². The van der Waals surface area contributed by atoms with Crippen LogP contribution < -0.4 is 10.6 Å². The highest BCUT2D eigenvalue weighted by Crippen LogP contribution is 2.23. The summed E-state index contributed by atoms with van der Waals surface area (Å²) < 4.78 is 9.62. The van der Waals surface area contributed by atoms with E-state index >= 15 is 0 Å². The fraction of sp³-hybridized carbons (Fsp3) is 0.227. The molecule has 1 aliphatic rings. The second-order valence-electron chi connectivity index (χ2n) is 7.52. The Morgan fingerprint density at radius 2 is 1.88 bits per heavy atom. The van der Waals surface area contributed by atoms with E-state index in [2.05, 4.69) is 29.2 Å². The smallest absolute Gasteiger partial charge is 0.410 e. The molecule has 1 amide bonds. The number of carbonyl (C=O) groups excluding carboxylic acids is 1. The second kappa shape index (κ2) is 9.25. The average Bonchev–Trinajstić information content (AvgIpc) is 3.53. The van der Waals surface area contributed by atoms with Gasteiger partial charge in [0, 0.05) is 37.7 Å². The van der Waals surface area contributed by atoms with Crippen LogP contribution in [0.25, 0.3) is 23.0 Å². The zero-order valence-corrected chi connectivity index (χ0v) is 18.5. The number of nitrogens with two attached hydrogens (primary N) is 1. The molecule has 1 fully saturated rings. The van der Waals surface area contributed by atoms with Crippen molar-refractivity contribution in [2.24, 2.45) is 0 Å². The summed E-state index contributed by atoms with van der Waals surface area (Å²) in [5.74, 6) is 1.16. The number of nitrogen functional groups attached to an aromatic ring is 1.